The Bertz CT molecular complexity index is 1240. The molecule has 0 fully saturated rings. The number of hydrogen-bond acceptors (Lipinski definition) is 5. The first-order valence-corrected chi connectivity index (χ1v) is 21.4. The molecule has 9 nitrogen and oxygen atoms in total. The van der Waals surface area contributed by atoms with Crippen molar-refractivity contribution in [1.82, 2.24) is 16.0 Å². The predicted molar refractivity (Wildman–Crippen MR) is 233 cm³/mol. The molecular formula is C46H81N5O4. The molecule has 7 N–H and O–H groups in total. The standard InChI is InChI=1S/C46H81N5O4/c1-37(2)23-20-26-40(5)29-21-27-38(3)24-16-17-25-39(4)28-22-30-41(6)33-34-43(52)49-35-18-12-7-8-13-19-36-50-45(54)46(55)51-44(53)32-15-11-9-10-14-31-42(47)48/h23-25,29-30,46,55H,7-22,26-28,31-36H2,1-6H3,(H3,47,48)(H,49,52)(H,50,54)(H,51,53)/b38-24+,39-25?,40-29+,41-30?. The summed E-state index contributed by atoms with van der Waals surface area (Å²) in [6.45, 7) is 14.3. The van der Waals surface area contributed by atoms with E-state index in [4.69, 9.17) is 11.1 Å². The van der Waals surface area contributed by atoms with Crippen LogP contribution < -0.4 is 21.7 Å². The van der Waals surface area contributed by atoms with Crippen LogP contribution in [0.2, 0.25) is 0 Å². The molecule has 0 rings (SSSR count). The Labute approximate surface area is 336 Å². The van der Waals surface area contributed by atoms with Crippen molar-refractivity contribution in [3.05, 3.63) is 58.2 Å². The molecule has 0 aromatic heterocycles. The molecule has 0 aliphatic rings. The summed E-state index contributed by atoms with van der Waals surface area (Å²) < 4.78 is 0. The summed E-state index contributed by atoms with van der Waals surface area (Å²) in [6.07, 6.45) is 31.6. The molecule has 3 amide bonds. The Balaban J connectivity index is 3.84. The number of aliphatic hydroxyl groups excluding tert-OH is 1. The van der Waals surface area contributed by atoms with Crippen LogP contribution in [0, 0.1) is 5.41 Å². The molecule has 1 unspecified atom stereocenters. The van der Waals surface area contributed by atoms with E-state index in [0.29, 0.717) is 32.4 Å². The van der Waals surface area contributed by atoms with Gasteiger partial charge in [0.2, 0.25) is 18.0 Å². The third-order valence-corrected chi connectivity index (χ3v) is 9.67. The van der Waals surface area contributed by atoms with Gasteiger partial charge in [0, 0.05) is 32.4 Å². The minimum atomic E-state index is -1.53. The van der Waals surface area contributed by atoms with Crippen LogP contribution in [0.3, 0.4) is 0 Å². The van der Waals surface area contributed by atoms with E-state index >= 15 is 0 Å². The van der Waals surface area contributed by atoms with Gasteiger partial charge in [-0.3, -0.25) is 19.8 Å². The molecule has 0 aliphatic heterocycles. The third-order valence-electron chi connectivity index (χ3n) is 9.67. The van der Waals surface area contributed by atoms with Gasteiger partial charge in [-0.2, -0.15) is 0 Å². The lowest BCUT2D eigenvalue weighted by Gasteiger charge is -2.13. The van der Waals surface area contributed by atoms with Crippen molar-refractivity contribution in [2.75, 3.05) is 13.1 Å². The molecule has 0 aromatic rings. The van der Waals surface area contributed by atoms with Gasteiger partial charge in [0.1, 0.15) is 0 Å². The summed E-state index contributed by atoms with van der Waals surface area (Å²) in [6, 6.07) is 0. The Hall–Kier alpha value is -3.46. The van der Waals surface area contributed by atoms with E-state index in [9.17, 15) is 19.5 Å². The van der Waals surface area contributed by atoms with Crippen LogP contribution in [0.5, 0.6) is 0 Å². The van der Waals surface area contributed by atoms with E-state index in [0.717, 1.165) is 122 Å². The summed E-state index contributed by atoms with van der Waals surface area (Å²) in [5.74, 6) is -0.595. The van der Waals surface area contributed by atoms with Gasteiger partial charge >= 0.3 is 0 Å². The van der Waals surface area contributed by atoms with Gasteiger partial charge < -0.3 is 26.8 Å². The molecular weight excluding hydrogens is 687 g/mol. The average molecular weight is 768 g/mol. The Morgan fingerprint density at radius 1 is 0.509 bits per heavy atom. The van der Waals surface area contributed by atoms with Crippen molar-refractivity contribution in [3.63, 3.8) is 0 Å². The molecule has 0 aromatic carbocycles. The highest BCUT2D eigenvalue weighted by Gasteiger charge is 2.16. The number of unbranched alkanes of at least 4 members (excludes halogenated alkanes) is 10. The molecule has 0 radical (unpaired) electrons. The van der Waals surface area contributed by atoms with Crippen LogP contribution in [0.4, 0.5) is 0 Å². The smallest absolute Gasteiger partial charge is 0.269 e. The second-order valence-corrected chi connectivity index (χ2v) is 15.7. The third kappa shape index (κ3) is 36.0. The van der Waals surface area contributed by atoms with Crippen LogP contribution in [-0.2, 0) is 14.4 Å². The normalized spacial score (nSPS) is 13.0. The monoisotopic (exact) mass is 768 g/mol. The Morgan fingerprint density at radius 2 is 0.927 bits per heavy atom. The first kappa shape index (κ1) is 51.5. The van der Waals surface area contributed by atoms with Crippen LogP contribution in [0.25, 0.3) is 0 Å². The van der Waals surface area contributed by atoms with Crippen molar-refractivity contribution in [1.29, 1.82) is 5.41 Å². The highest BCUT2D eigenvalue weighted by Crippen LogP contribution is 2.15. The maximum Gasteiger partial charge on any atom is 0.269 e. The second kappa shape index (κ2) is 35.0. The number of amides is 3. The van der Waals surface area contributed by atoms with Gasteiger partial charge in [-0.15, -0.1) is 0 Å². The Morgan fingerprint density at radius 3 is 1.44 bits per heavy atom. The molecule has 1 atom stereocenters. The number of amidine groups is 1. The lowest BCUT2D eigenvalue weighted by atomic mass is 10.0. The summed E-state index contributed by atoms with van der Waals surface area (Å²) in [5, 5.41) is 25.3. The molecule has 0 heterocycles. The average Bonchev–Trinajstić information content (AvgIpc) is 3.12. The van der Waals surface area contributed by atoms with Crippen molar-refractivity contribution >= 4 is 23.6 Å². The van der Waals surface area contributed by atoms with E-state index in [1.165, 1.54) is 27.9 Å². The number of aliphatic hydroxyl groups is 1. The second-order valence-electron chi connectivity index (χ2n) is 15.7. The van der Waals surface area contributed by atoms with Crippen LogP contribution in [-0.4, -0.2) is 48.0 Å². The number of rotatable bonds is 34. The lowest BCUT2D eigenvalue weighted by molar-refractivity contribution is -0.136. The first-order chi connectivity index (χ1) is 26.3. The number of hydrogen-bond donors (Lipinski definition) is 6. The zero-order valence-electron chi connectivity index (χ0n) is 35.9. The van der Waals surface area contributed by atoms with Crippen LogP contribution in [0.1, 0.15) is 189 Å². The number of carbonyl (C=O) groups is 3. The predicted octanol–water partition coefficient (Wildman–Crippen LogP) is 10.3. The van der Waals surface area contributed by atoms with Gasteiger partial charge in [-0.05, 0) is 125 Å². The lowest BCUT2D eigenvalue weighted by Crippen LogP contribution is -2.46. The molecule has 0 aliphatic carbocycles. The molecule has 314 valence electrons. The van der Waals surface area contributed by atoms with Crippen molar-refractivity contribution < 1.29 is 19.5 Å². The van der Waals surface area contributed by atoms with Crippen molar-refractivity contribution in [2.24, 2.45) is 5.73 Å². The highest BCUT2D eigenvalue weighted by atomic mass is 16.3. The van der Waals surface area contributed by atoms with E-state index in [1.807, 2.05) is 0 Å². The van der Waals surface area contributed by atoms with Gasteiger partial charge in [0.15, 0.2) is 0 Å². The number of allylic oxidation sites excluding steroid dienone is 10. The molecule has 0 spiro atoms. The molecule has 0 saturated carbocycles. The first-order valence-electron chi connectivity index (χ1n) is 21.4. The molecule has 0 saturated heterocycles. The topological polar surface area (TPSA) is 157 Å². The van der Waals surface area contributed by atoms with Gasteiger partial charge in [-0.1, -0.05) is 103 Å². The van der Waals surface area contributed by atoms with Gasteiger partial charge in [-0.25, -0.2) is 0 Å². The summed E-state index contributed by atoms with van der Waals surface area (Å²) in [5.41, 5.74) is 12.4. The SMILES string of the molecule is CC(C)=CCC/C(C)=C/CC/C(C)=C/CCC=C(C)CCC=C(C)CCC(=O)NCCCCCCCCNC(=O)C(O)NC(=O)CCCCCCCC(=N)N. The summed E-state index contributed by atoms with van der Waals surface area (Å²) in [4.78, 5) is 36.4. The minimum absolute atomic E-state index is 0.115. The fourth-order valence-corrected chi connectivity index (χ4v) is 6.06. The van der Waals surface area contributed by atoms with E-state index in [2.05, 4.69) is 87.9 Å². The fourth-order valence-electron chi connectivity index (χ4n) is 6.06. The molecule has 0 bridgehead atoms. The largest absolute Gasteiger partial charge is 0.388 e. The molecule has 9 heteroatoms. The Kier molecular flexibility index (Phi) is 32.8. The van der Waals surface area contributed by atoms with Crippen molar-refractivity contribution in [2.45, 2.75) is 195 Å². The fraction of sp³-hybridized carbons (Fsp3) is 0.696. The van der Waals surface area contributed by atoms with E-state index < -0.39 is 12.1 Å². The van der Waals surface area contributed by atoms with E-state index in [-0.39, 0.29) is 24.1 Å². The zero-order chi connectivity index (χ0) is 41.1. The van der Waals surface area contributed by atoms with E-state index in [1.54, 1.807) is 0 Å². The number of nitrogens with two attached hydrogens (primary N) is 1. The molecule has 55 heavy (non-hydrogen) atoms. The summed E-state index contributed by atoms with van der Waals surface area (Å²) >= 11 is 0. The van der Waals surface area contributed by atoms with Crippen molar-refractivity contribution in [3.8, 4) is 0 Å². The zero-order valence-corrected chi connectivity index (χ0v) is 35.9. The number of carbonyl (C=O) groups excluding carboxylic acids is 3. The maximum absolute atomic E-state index is 12.3. The highest BCUT2D eigenvalue weighted by molar-refractivity contribution is 5.86. The van der Waals surface area contributed by atoms with Gasteiger partial charge in [0.25, 0.3) is 5.91 Å². The van der Waals surface area contributed by atoms with Crippen LogP contribution >= 0.6 is 0 Å². The van der Waals surface area contributed by atoms with Crippen LogP contribution in [0.15, 0.2) is 58.2 Å². The summed E-state index contributed by atoms with van der Waals surface area (Å²) in [7, 11) is 0. The minimum Gasteiger partial charge on any atom is -0.388 e. The van der Waals surface area contributed by atoms with Gasteiger partial charge in [0.05, 0.1) is 5.84 Å². The number of nitrogens with one attached hydrogen (secondary N) is 4. The quantitative estimate of drug-likeness (QED) is 0.0126. The maximum atomic E-state index is 12.3.